The molecule has 0 aromatic heterocycles. The lowest BCUT2D eigenvalue weighted by atomic mass is 9.40. The van der Waals surface area contributed by atoms with Crippen molar-refractivity contribution in [1.82, 2.24) is 0 Å². The van der Waals surface area contributed by atoms with Gasteiger partial charge in [-0.05, 0) is 175 Å². The Balaban J connectivity index is 0.000000569. The second-order valence-corrected chi connectivity index (χ2v) is 19.2. The summed E-state index contributed by atoms with van der Waals surface area (Å²) in [6.07, 6.45) is 27.4. The van der Waals surface area contributed by atoms with Crippen molar-refractivity contribution in [1.29, 1.82) is 0 Å². The molecule has 2 nitrogen and oxygen atoms in total. The first-order valence-corrected chi connectivity index (χ1v) is 23.5. The summed E-state index contributed by atoms with van der Waals surface area (Å²) in [5, 5.41) is 0. The van der Waals surface area contributed by atoms with Gasteiger partial charge in [-0.1, -0.05) is 125 Å². The normalized spacial score (nSPS) is 9.77. The summed E-state index contributed by atoms with van der Waals surface area (Å²) in [5.41, 5.74) is 22.0. The van der Waals surface area contributed by atoms with E-state index in [9.17, 15) is 0 Å². The standard InChI is InChI=1S/C45H37N.C10H6.C6H4Br3N.CH4.B3/c1-10-43(4,5)39-25-17-33(18-26-39)13-14-36-31-37(23-15-34-19-27-40(28-20-34)44(6,7)11-2)42(46)38(32-36)24-16-35-21-29-41(30-22-35)45(8,9)12-3;1-3-9-5-7-10(4-2)8-6-9;7-3-1-4(8)6(10)5(9)2-3;;1-3-2/h1-3,17-22,25-32H,46H2,4-9H3;1-2,5-8H;1-2H,10H2;1H4;. The number of halogens is 3. The summed E-state index contributed by atoms with van der Waals surface area (Å²) in [6, 6.07) is 38.9. The number of rotatable bonds is 3. The van der Waals surface area contributed by atoms with Crippen LogP contribution in [0.15, 0.2) is 135 Å². The fourth-order valence-corrected chi connectivity index (χ4v) is 7.99. The molecule has 0 amide bonds. The average Bonchev–Trinajstić information content (AvgIpc) is 3.35. The van der Waals surface area contributed by atoms with Crippen LogP contribution in [0.25, 0.3) is 0 Å². The lowest BCUT2D eigenvalue weighted by Crippen LogP contribution is -2.13. The molecule has 0 aliphatic carbocycles. The largest absolute Gasteiger partial charge is 0.397 e. The zero-order valence-electron chi connectivity index (χ0n) is 39.5. The van der Waals surface area contributed by atoms with Gasteiger partial charge >= 0.3 is 0 Å². The molecule has 4 N–H and O–H groups in total. The van der Waals surface area contributed by atoms with Gasteiger partial charge in [0.15, 0.2) is 0 Å². The highest BCUT2D eigenvalue weighted by atomic mass is 79.9. The summed E-state index contributed by atoms with van der Waals surface area (Å²) in [7, 11) is 10.0. The number of hydrogen-bond donors (Lipinski definition) is 2. The number of nitrogen functional groups attached to an aromatic ring is 2. The zero-order valence-corrected chi connectivity index (χ0v) is 44.2. The first kappa shape index (κ1) is 59.2. The summed E-state index contributed by atoms with van der Waals surface area (Å²) in [4.78, 5) is 0. The Labute approximate surface area is 448 Å². The van der Waals surface area contributed by atoms with E-state index in [2.05, 4.69) is 128 Å². The molecule has 0 bridgehead atoms. The molecule has 0 aliphatic rings. The van der Waals surface area contributed by atoms with Gasteiger partial charge in [-0.15, -0.1) is 32.1 Å². The van der Waals surface area contributed by atoms with Crippen molar-refractivity contribution >= 4 is 81.7 Å². The fraction of sp³-hybridized carbons (Fsp3) is 0.161. The Morgan fingerprint density at radius 3 is 0.943 bits per heavy atom. The molecule has 8 heteroatoms. The van der Waals surface area contributed by atoms with Gasteiger partial charge in [0.1, 0.15) is 0 Å². The molecule has 0 atom stereocenters. The first-order chi connectivity index (χ1) is 32.7. The van der Waals surface area contributed by atoms with Crippen LogP contribution in [0.2, 0.25) is 0 Å². The van der Waals surface area contributed by atoms with Crippen LogP contribution in [0.4, 0.5) is 11.4 Å². The highest BCUT2D eigenvalue weighted by Crippen LogP contribution is 2.32. The van der Waals surface area contributed by atoms with Crippen molar-refractivity contribution in [3.8, 4) is 97.2 Å². The van der Waals surface area contributed by atoms with Gasteiger partial charge in [0.25, 0.3) is 0 Å². The van der Waals surface area contributed by atoms with Gasteiger partial charge in [-0.25, -0.2) is 0 Å². The van der Waals surface area contributed by atoms with Crippen LogP contribution in [-0.2, 0) is 16.2 Å². The van der Waals surface area contributed by atoms with Crippen molar-refractivity contribution < 1.29 is 0 Å². The SMILES string of the molecule is C.C#CC(C)(C)c1ccc(C#Cc2cc(C#Cc3ccc(C(C)(C)C#C)cc3)c(N)c(C#Cc3ccc(C(C)(C)C#C)cc3)c2)cc1.C#Cc1ccc(C#C)cc1.Nc1c(Br)cc(Br)cc1Br.[B][B][B]. The van der Waals surface area contributed by atoms with Gasteiger partial charge in [0.05, 0.1) is 38.7 Å². The quantitative estimate of drug-likeness (QED) is 0.105. The summed E-state index contributed by atoms with van der Waals surface area (Å²) in [6.45, 7) is 12.1. The van der Waals surface area contributed by atoms with Crippen molar-refractivity contribution in [3.63, 3.8) is 0 Å². The van der Waals surface area contributed by atoms with Crippen molar-refractivity contribution in [3.05, 3.63) is 196 Å². The molecule has 0 heterocycles. The van der Waals surface area contributed by atoms with E-state index in [1.807, 2.05) is 163 Å². The smallest absolute Gasteiger partial charge is 0.0633 e. The van der Waals surface area contributed by atoms with E-state index in [0.717, 1.165) is 76.2 Å². The third-order valence-electron chi connectivity index (χ3n) is 10.4. The molecule has 0 spiro atoms. The summed E-state index contributed by atoms with van der Waals surface area (Å²) < 4.78 is 2.79. The number of nitrogens with two attached hydrogens (primary N) is 2. The zero-order chi connectivity index (χ0) is 51.4. The van der Waals surface area contributed by atoms with Crippen molar-refractivity contribution in [2.45, 2.75) is 65.2 Å². The van der Waals surface area contributed by atoms with Crippen LogP contribution in [0, 0.1) is 97.2 Å². The minimum atomic E-state index is -0.355. The third-order valence-corrected chi connectivity index (χ3v) is 12.1. The second-order valence-electron chi connectivity index (χ2n) is 16.6. The number of benzene rings is 6. The minimum absolute atomic E-state index is 0. The Kier molecular flexibility index (Phi) is 23.6. The van der Waals surface area contributed by atoms with Crippen LogP contribution in [0.5, 0.6) is 0 Å². The molecule has 5 radical (unpaired) electrons. The van der Waals surface area contributed by atoms with Crippen molar-refractivity contribution in [2.24, 2.45) is 0 Å². The Bertz CT molecular complexity index is 3000. The predicted molar refractivity (Wildman–Crippen MR) is 314 cm³/mol. The lowest BCUT2D eigenvalue weighted by molar-refractivity contribution is 0.699. The van der Waals surface area contributed by atoms with E-state index in [1.54, 1.807) is 0 Å². The molecule has 6 aromatic carbocycles. The summed E-state index contributed by atoms with van der Waals surface area (Å²) >= 11 is 9.96. The van der Waals surface area contributed by atoms with E-state index in [0.29, 0.717) is 16.8 Å². The third kappa shape index (κ3) is 17.8. The van der Waals surface area contributed by atoms with E-state index in [-0.39, 0.29) is 23.7 Å². The van der Waals surface area contributed by atoms with Crippen LogP contribution in [0.3, 0.4) is 0 Å². The first-order valence-electron chi connectivity index (χ1n) is 21.1. The second kappa shape index (κ2) is 27.9. The van der Waals surface area contributed by atoms with Gasteiger partial charge in [-0.2, -0.15) is 0 Å². The minimum Gasteiger partial charge on any atom is -0.397 e. The molecule has 0 saturated carbocycles. The number of anilines is 2. The summed E-state index contributed by atoms with van der Waals surface area (Å²) in [5.74, 6) is 33.0. The Morgan fingerprint density at radius 2 is 0.671 bits per heavy atom. The van der Waals surface area contributed by atoms with E-state index in [4.69, 9.17) is 43.6 Å². The van der Waals surface area contributed by atoms with E-state index >= 15 is 0 Å². The molecule has 6 aromatic rings. The maximum atomic E-state index is 6.64. The fourth-order valence-electron chi connectivity index (χ4n) is 5.73. The van der Waals surface area contributed by atoms with Crippen LogP contribution < -0.4 is 11.5 Å². The Hall–Kier alpha value is -6.97. The maximum Gasteiger partial charge on any atom is 0.0633 e. The number of terminal acetylenes is 5. The monoisotopic (exact) mass is 1090 g/mol. The van der Waals surface area contributed by atoms with Crippen LogP contribution in [-0.4, -0.2) is 22.5 Å². The maximum absolute atomic E-state index is 6.64. The molecule has 339 valence electrons. The van der Waals surface area contributed by atoms with Gasteiger partial charge in [0.2, 0.25) is 0 Å². The average molecular weight is 1100 g/mol. The molecule has 0 fully saturated rings. The van der Waals surface area contributed by atoms with Crippen molar-refractivity contribution in [2.75, 3.05) is 11.5 Å². The van der Waals surface area contributed by atoms with E-state index in [1.165, 1.54) is 0 Å². The van der Waals surface area contributed by atoms with E-state index < -0.39 is 0 Å². The molecular weight excluding hydrogens is 1040 g/mol. The van der Waals surface area contributed by atoms with Crippen LogP contribution >= 0.6 is 47.8 Å². The molecule has 0 aliphatic heterocycles. The van der Waals surface area contributed by atoms with Gasteiger partial charge < -0.3 is 11.5 Å². The number of hydrogen-bond acceptors (Lipinski definition) is 2. The van der Waals surface area contributed by atoms with Gasteiger partial charge in [0, 0.05) is 69.3 Å². The van der Waals surface area contributed by atoms with Gasteiger partial charge in [-0.3, -0.25) is 0 Å². The highest BCUT2D eigenvalue weighted by molar-refractivity contribution is 9.11. The molecular formula is C62H51B3Br3N2. The highest BCUT2D eigenvalue weighted by Gasteiger charge is 2.18. The molecule has 70 heavy (non-hydrogen) atoms. The lowest BCUT2D eigenvalue weighted by Gasteiger charge is -2.17. The predicted octanol–water partition coefficient (Wildman–Crippen LogP) is 12.9. The van der Waals surface area contributed by atoms with Crippen LogP contribution in [0.1, 0.15) is 110 Å². The Morgan fingerprint density at radius 1 is 0.414 bits per heavy atom. The molecule has 0 unspecified atom stereocenters. The molecule has 6 rings (SSSR count). The topological polar surface area (TPSA) is 52.0 Å². The molecule has 0 saturated heterocycles.